The Bertz CT molecular complexity index is 1310. The van der Waals surface area contributed by atoms with Crippen molar-refractivity contribution < 1.29 is 9.18 Å². The number of ketones is 1. The molecule has 1 fully saturated rings. The van der Waals surface area contributed by atoms with Crippen LogP contribution in [0.4, 0.5) is 4.39 Å². The van der Waals surface area contributed by atoms with Crippen molar-refractivity contribution in [2.75, 3.05) is 0 Å². The summed E-state index contributed by atoms with van der Waals surface area (Å²) in [5, 5.41) is 1.26. The van der Waals surface area contributed by atoms with Crippen molar-refractivity contribution in [3.63, 3.8) is 0 Å². The molecule has 0 bridgehead atoms. The lowest BCUT2D eigenvalue weighted by Crippen LogP contribution is -2.38. The van der Waals surface area contributed by atoms with E-state index in [9.17, 15) is 9.18 Å². The number of rotatable bonds is 12. The van der Waals surface area contributed by atoms with Crippen LogP contribution in [-0.4, -0.2) is 10.4 Å². The van der Waals surface area contributed by atoms with Crippen molar-refractivity contribution >= 4 is 22.8 Å². The van der Waals surface area contributed by atoms with E-state index in [1.807, 2.05) is 31.2 Å². The number of aryl methyl sites for hydroxylation is 2. The Hall–Kier alpha value is -2.94. The number of hydrogen-bond acceptors (Lipinski definition) is 1. The second-order valence-electron chi connectivity index (χ2n) is 11.5. The van der Waals surface area contributed by atoms with E-state index in [2.05, 4.69) is 49.8 Å². The number of hydrogen-bond donors (Lipinski definition) is 0. The van der Waals surface area contributed by atoms with E-state index in [4.69, 9.17) is 0 Å². The molecule has 1 heterocycles. The summed E-state index contributed by atoms with van der Waals surface area (Å²) in [4.78, 5) is 11.9. The Morgan fingerprint density at radius 3 is 2.59 bits per heavy atom. The van der Waals surface area contributed by atoms with Gasteiger partial charge in [-0.25, -0.2) is 4.39 Å². The maximum atomic E-state index is 14.3. The van der Waals surface area contributed by atoms with Crippen LogP contribution in [0.25, 0.3) is 22.7 Å². The molecule has 1 atom stereocenters. The van der Waals surface area contributed by atoms with Gasteiger partial charge in [-0.15, -0.1) is 6.58 Å². The minimum atomic E-state index is -0.177. The van der Waals surface area contributed by atoms with Crippen LogP contribution in [0.1, 0.15) is 94.0 Å². The summed E-state index contributed by atoms with van der Waals surface area (Å²) in [6, 6.07) is 11.9. The van der Waals surface area contributed by atoms with E-state index in [0.717, 1.165) is 68.1 Å². The number of allylic oxidation sites excluding steroid dienone is 1. The summed E-state index contributed by atoms with van der Waals surface area (Å²) in [6.45, 7) is 16.3. The van der Waals surface area contributed by atoms with Gasteiger partial charge in [-0.3, -0.25) is 4.79 Å². The molecule has 3 heteroatoms. The molecule has 0 saturated heterocycles. The summed E-state index contributed by atoms with van der Waals surface area (Å²) in [7, 11) is 0. The summed E-state index contributed by atoms with van der Waals surface area (Å²) in [5.74, 6) is 0.732. The van der Waals surface area contributed by atoms with E-state index in [1.54, 1.807) is 13.0 Å². The second-order valence-corrected chi connectivity index (χ2v) is 11.5. The highest BCUT2D eigenvalue weighted by molar-refractivity contribution is 5.94. The monoisotopic (exact) mass is 499 g/mol. The number of aromatic nitrogens is 1. The van der Waals surface area contributed by atoms with Crippen LogP contribution in [0.3, 0.4) is 0 Å². The molecule has 3 aromatic rings. The molecule has 0 aliphatic heterocycles. The van der Waals surface area contributed by atoms with Crippen LogP contribution >= 0.6 is 0 Å². The van der Waals surface area contributed by atoms with Crippen molar-refractivity contribution in [1.29, 1.82) is 0 Å². The lowest BCUT2D eigenvalue weighted by Gasteiger charge is -2.44. The minimum absolute atomic E-state index is 0.177. The van der Waals surface area contributed by atoms with E-state index >= 15 is 0 Å². The third-order valence-corrected chi connectivity index (χ3v) is 8.56. The van der Waals surface area contributed by atoms with E-state index < -0.39 is 0 Å². The first-order valence-electron chi connectivity index (χ1n) is 13.9. The Morgan fingerprint density at radius 1 is 1.22 bits per heavy atom. The van der Waals surface area contributed by atoms with E-state index in [1.165, 1.54) is 16.6 Å². The highest BCUT2D eigenvalue weighted by atomic mass is 19.1. The highest BCUT2D eigenvalue weighted by Gasteiger charge is 2.42. The SMILES string of the molecule is C=CCCC(CCC)c1c(CCC2(C)CC(C(C)=O)C2)c2c(C=C)cccc2n1-c1ccc(F)c(C)c1. The van der Waals surface area contributed by atoms with Gasteiger partial charge in [0.05, 0.1) is 5.52 Å². The van der Waals surface area contributed by atoms with Gasteiger partial charge in [0.2, 0.25) is 0 Å². The quantitative estimate of drug-likeness (QED) is 0.227. The number of benzene rings is 2. The van der Waals surface area contributed by atoms with Gasteiger partial charge in [0.1, 0.15) is 11.6 Å². The fourth-order valence-electron chi connectivity index (χ4n) is 6.50. The van der Waals surface area contributed by atoms with Crippen molar-refractivity contribution in [1.82, 2.24) is 4.57 Å². The molecule has 1 aliphatic rings. The second kappa shape index (κ2) is 11.2. The van der Waals surface area contributed by atoms with E-state index in [-0.39, 0.29) is 17.2 Å². The smallest absolute Gasteiger partial charge is 0.132 e. The summed E-state index contributed by atoms with van der Waals surface area (Å²) in [5.41, 5.74) is 6.91. The molecule has 1 aliphatic carbocycles. The lowest BCUT2D eigenvalue weighted by atomic mass is 9.60. The largest absolute Gasteiger partial charge is 0.313 e. The highest BCUT2D eigenvalue weighted by Crippen LogP contribution is 2.50. The zero-order chi connectivity index (χ0) is 26.7. The molecule has 196 valence electrons. The fraction of sp³-hybridized carbons (Fsp3) is 0.441. The Kier molecular flexibility index (Phi) is 8.21. The number of fused-ring (bicyclic) bond motifs is 1. The molecule has 2 aromatic carbocycles. The van der Waals surface area contributed by atoms with Gasteiger partial charge in [-0.1, -0.05) is 51.1 Å². The van der Waals surface area contributed by atoms with Crippen molar-refractivity contribution in [2.45, 2.75) is 85.0 Å². The standard InChI is InChI=1S/C34H42FNO/c1-7-10-13-26(12-8-2)33-29(18-19-34(6)21-27(22-34)24(5)37)32-25(9-3)14-11-15-31(32)36(33)28-16-17-30(35)23(4)20-28/h7,9,11,14-17,20,26-27H,1,3,8,10,12-13,18-19,21-22H2,2,4-6H3. The third-order valence-electron chi connectivity index (χ3n) is 8.56. The number of halogens is 1. The van der Waals surface area contributed by atoms with Crippen LogP contribution in [0.15, 0.2) is 55.6 Å². The molecule has 1 unspecified atom stereocenters. The molecule has 2 nitrogen and oxygen atoms in total. The summed E-state index contributed by atoms with van der Waals surface area (Å²) >= 11 is 0. The van der Waals surface area contributed by atoms with Gasteiger partial charge >= 0.3 is 0 Å². The minimum Gasteiger partial charge on any atom is -0.313 e. The first kappa shape index (κ1) is 27.1. The van der Waals surface area contributed by atoms with Gasteiger partial charge in [-0.05, 0) is 105 Å². The van der Waals surface area contributed by atoms with Crippen LogP contribution in [0.2, 0.25) is 0 Å². The van der Waals surface area contributed by atoms with Crippen LogP contribution in [-0.2, 0) is 11.2 Å². The Balaban J connectivity index is 1.93. The average molecular weight is 500 g/mol. The van der Waals surface area contributed by atoms with Crippen molar-refractivity contribution in [3.05, 3.63) is 83.8 Å². The summed E-state index contributed by atoms with van der Waals surface area (Å²) in [6.07, 6.45) is 12.1. The topological polar surface area (TPSA) is 22.0 Å². The number of carbonyl (C=O) groups excluding carboxylic acids is 1. The molecular weight excluding hydrogens is 457 g/mol. The molecule has 0 amide bonds. The summed E-state index contributed by atoms with van der Waals surface area (Å²) < 4.78 is 16.7. The van der Waals surface area contributed by atoms with Gasteiger partial charge in [0.15, 0.2) is 0 Å². The Labute approximate surface area is 222 Å². The first-order valence-corrected chi connectivity index (χ1v) is 13.9. The maximum Gasteiger partial charge on any atom is 0.132 e. The predicted molar refractivity (Wildman–Crippen MR) is 155 cm³/mol. The molecule has 1 aromatic heterocycles. The average Bonchev–Trinajstić information content (AvgIpc) is 3.19. The molecule has 4 rings (SSSR count). The lowest BCUT2D eigenvalue weighted by molar-refractivity contribution is -0.127. The van der Waals surface area contributed by atoms with Gasteiger partial charge in [-0.2, -0.15) is 0 Å². The van der Waals surface area contributed by atoms with Crippen LogP contribution in [0.5, 0.6) is 0 Å². The first-order chi connectivity index (χ1) is 17.7. The van der Waals surface area contributed by atoms with Crippen LogP contribution < -0.4 is 0 Å². The normalized spacial score (nSPS) is 20.0. The third kappa shape index (κ3) is 5.37. The number of Topliss-reactive ketones (excluding diaryl/α,β-unsaturated/α-hetero) is 1. The predicted octanol–water partition coefficient (Wildman–Crippen LogP) is 9.51. The van der Waals surface area contributed by atoms with Gasteiger partial charge in [0.25, 0.3) is 0 Å². The van der Waals surface area contributed by atoms with Crippen LogP contribution in [0, 0.1) is 24.1 Å². The molecule has 37 heavy (non-hydrogen) atoms. The zero-order valence-corrected chi connectivity index (χ0v) is 23.1. The Morgan fingerprint density at radius 2 is 1.97 bits per heavy atom. The number of nitrogens with zero attached hydrogens (tertiary/aromatic N) is 1. The van der Waals surface area contributed by atoms with E-state index in [0.29, 0.717) is 17.3 Å². The van der Waals surface area contributed by atoms with Gasteiger partial charge in [0, 0.05) is 28.6 Å². The van der Waals surface area contributed by atoms with Gasteiger partial charge < -0.3 is 4.57 Å². The van der Waals surface area contributed by atoms with Crippen molar-refractivity contribution in [3.8, 4) is 5.69 Å². The fourth-order valence-corrected chi connectivity index (χ4v) is 6.50. The number of carbonyl (C=O) groups is 1. The maximum absolute atomic E-state index is 14.3. The molecule has 0 radical (unpaired) electrons. The zero-order valence-electron chi connectivity index (χ0n) is 23.1. The molecule has 1 saturated carbocycles. The molecule has 0 spiro atoms. The molecule has 0 N–H and O–H groups in total. The van der Waals surface area contributed by atoms with Crippen molar-refractivity contribution in [2.24, 2.45) is 11.3 Å². The molecular formula is C34H42FNO.